The highest BCUT2D eigenvalue weighted by Crippen LogP contribution is 2.33. The molecule has 0 aliphatic rings. The van der Waals surface area contributed by atoms with E-state index in [0.717, 1.165) is 16.6 Å². The monoisotopic (exact) mass is 383 g/mol. The number of rotatable bonds is 6. The molecule has 0 N–H and O–H groups in total. The first-order valence-electron chi connectivity index (χ1n) is 7.12. The van der Waals surface area contributed by atoms with Crippen molar-refractivity contribution in [2.75, 3.05) is 27.2 Å². The van der Waals surface area contributed by atoms with Gasteiger partial charge >= 0.3 is 0 Å². The Kier molecular flexibility index (Phi) is 7.57. The molecule has 0 aliphatic heterocycles. The molecule has 22 heavy (non-hydrogen) atoms. The summed E-state index contributed by atoms with van der Waals surface area (Å²) in [5.74, 6) is 0. The number of ether oxygens (including phenoxy) is 1. The molecular weight excluding hydrogens is 362 g/mol. The van der Waals surface area contributed by atoms with E-state index in [2.05, 4.69) is 90.4 Å². The van der Waals surface area contributed by atoms with Gasteiger partial charge in [-0.05, 0) is 44.3 Å². The van der Waals surface area contributed by atoms with Crippen molar-refractivity contribution in [3.8, 4) is 0 Å². The SMILES string of the molecule is CN(C)CCO[C@@](C)(c1ccccc1)c1ccc(Br)cc1.Cl. The average molecular weight is 385 g/mol. The third kappa shape index (κ3) is 4.82. The Balaban J connectivity index is 0.00000242. The third-order valence-corrected chi connectivity index (χ3v) is 4.18. The van der Waals surface area contributed by atoms with E-state index in [9.17, 15) is 0 Å². The molecule has 0 heterocycles. The van der Waals surface area contributed by atoms with Gasteiger partial charge in [-0.1, -0.05) is 58.4 Å². The molecule has 0 spiro atoms. The van der Waals surface area contributed by atoms with Crippen LogP contribution in [0.5, 0.6) is 0 Å². The van der Waals surface area contributed by atoms with Crippen molar-refractivity contribution in [1.29, 1.82) is 0 Å². The molecule has 2 aromatic rings. The van der Waals surface area contributed by atoms with Crippen LogP contribution >= 0.6 is 28.3 Å². The topological polar surface area (TPSA) is 12.5 Å². The lowest BCUT2D eigenvalue weighted by atomic mass is 9.88. The molecule has 0 aromatic heterocycles. The highest BCUT2D eigenvalue weighted by molar-refractivity contribution is 9.10. The Morgan fingerprint density at radius 3 is 2.05 bits per heavy atom. The van der Waals surface area contributed by atoms with E-state index in [-0.39, 0.29) is 12.4 Å². The van der Waals surface area contributed by atoms with Crippen molar-refractivity contribution in [2.45, 2.75) is 12.5 Å². The van der Waals surface area contributed by atoms with Gasteiger partial charge in [0.05, 0.1) is 6.61 Å². The molecule has 0 saturated heterocycles. The largest absolute Gasteiger partial charge is 0.365 e. The predicted molar refractivity (Wildman–Crippen MR) is 98.8 cm³/mol. The maximum absolute atomic E-state index is 6.30. The van der Waals surface area contributed by atoms with Crippen LogP contribution in [-0.4, -0.2) is 32.1 Å². The normalized spacial score (nSPS) is 13.5. The van der Waals surface area contributed by atoms with Gasteiger partial charge in [-0.15, -0.1) is 12.4 Å². The molecule has 0 saturated carbocycles. The van der Waals surface area contributed by atoms with Crippen LogP contribution in [0.3, 0.4) is 0 Å². The number of likely N-dealkylation sites (N-methyl/N-ethyl adjacent to an activating group) is 1. The van der Waals surface area contributed by atoms with Crippen LogP contribution in [0.1, 0.15) is 18.1 Å². The Labute approximate surface area is 148 Å². The molecule has 0 bridgehead atoms. The summed E-state index contributed by atoms with van der Waals surface area (Å²) in [4.78, 5) is 2.13. The van der Waals surface area contributed by atoms with Gasteiger partial charge in [-0.25, -0.2) is 0 Å². The highest BCUT2D eigenvalue weighted by Gasteiger charge is 2.29. The predicted octanol–water partition coefficient (Wildman–Crippen LogP) is 4.71. The summed E-state index contributed by atoms with van der Waals surface area (Å²) in [5, 5.41) is 0. The maximum Gasteiger partial charge on any atom is 0.115 e. The van der Waals surface area contributed by atoms with Gasteiger partial charge in [0.15, 0.2) is 0 Å². The van der Waals surface area contributed by atoms with Crippen LogP contribution in [-0.2, 0) is 10.3 Å². The van der Waals surface area contributed by atoms with Gasteiger partial charge in [-0.2, -0.15) is 0 Å². The van der Waals surface area contributed by atoms with E-state index in [1.165, 1.54) is 5.56 Å². The minimum absolute atomic E-state index is 0. The molecule has 0 amide bonds. The smallest absolute Gasteiger partial charge is 0.115 e. The van der Waals surface area contributed by atoms with Crippen molar-refractivity contribution in [3.05, 3.63) is 70.2 Å². The number of hydrogen-bond donors (Lipinski definition) is 0. The summed E-state index contributed by atoms with van der Waals surface area (Å²) >= 11 is 3.49. The maximum atomic E-state index is 6.30. The average Bonchev–Trinajstić information content (AvgIpc) is 2.48. The van der Waals surface area contributed by atoms with Crippen LogP contribution in [0.15, 0.2) is 59.1 Å². The standard InChI is InChI=1S/C18H22BrNO.ClH/c1-18(21-14-13-20(2)3,15-7-5-4-6-8-15)16-9-11-17(19)12-10-16;/h4-12H,13-14H2,1-3H3;1H/t18-;/m0./s1. The molecule has 2 aromatic carbocycles. The molecule has 0 radical (unpaired) electrons. The lowest BCUT2D eigenvalue weighted by Crippen LogP contribution is -2.31. The Morgan fingerprint density at radius 1 is 0.955 bits per heavy atom. The first-order chi connectivity index (χ1) is 10.0. The van der Waals surface area contributed by atoms with Crippen molar-refractivity contribution in [3.63, 3.8) is 0 Å². The number of halogens is 2. The van der Waals surface area contributed by atoms with E-state index in [4.69, 9.17) is 4.74 Å². The molecular formula is C18H23BrClNO. The lowest BCUT2D eigenvalue weighted by Gasteiger charge is -2.32. The zero-order chi connectivity index (χ0) is 15.3. The van der Waals surface area contributed by atoms with Crippen LogP contribution in [0.4, 0.5) is 0 Å². The van der Waals surface area contributed by atoms with E-state index in [1.807, 2.05) is 6.07 Å². The van der Waals surface area contributed by atoms with Gasteiger partial charge in [0.2, 0.25) is 0 Å². The minimum atomic E-state index is -0.433. The summed E-state index contributed by atoms with van der Waals surface area (Å²) in [6, 6.07) is 18.8. The quantitative estimate of drug-likeness (QED) is 0.715. The summed E-state index contributed by atoms with van der Waals surface area (Å²) in [7, 11) is 4.12. The molecule has 2 rings (SSSR count). The summed E-state index contributed by atoms with van der Waals surface area (Å²) in [6.07, 6.45) is 0. The molecule has 120 valence electrons. The number of hydrogen-bond acceptors (Lipinski definition) is 2. The first kappa shape index (κ1) is 19.2. The molecule has 1 atom stereocenters. The second kappa shape index (κ2) is 8.68. The fraction of sp³-hybridized carbons (Fsp3) is 0.333. The summed E-state index contributed by atoms with van der Waals surface area (Å²) in [5.41, 5.74) is 1.90. The molecule has 0 aliphatic carbocycles. The number of nitrogens with zero attached hydrogens (tertiary/aromatic N) is 1. The fourth-order valence-electron chi connectivity index (χ4n) is 2.29. The fourth-order valence-corrected chi connectivity index (χ4v) is 2.55. The zero-order valence-corrected chi connectivity index (χ0v) is 15.7. The van der Waals surface area contributed by atoms with Crippen LogP contribution < -0.4 is 0 Å². The number of benzene rings is 2. The summed E-state index contributed by atoms with van der Waals surface area (Å²) in [6.45, 7) is 3.73. The van der Waals surface area contributed by atoms with Gasteiger partial charge in [0, 0.05) is 11.0 Å². The summed E-state index contributed by atoms with van der Waals surface area (Å²) < 4.78 is 7.37. The van der Waals surface area contributed by atoms with E-state index < -0.39 is 5.60 Å². The molecule has 2 nitrogen and oxygen atoms in total. The first-order valence-corrected chi connectivity index (χ1v) is 7.92. The Hall–Kier alpha value is -0.870. The lowest BCUT2D eigenvalue weighted by molar-refractivity contribution is -0.0101. The third-order valence-electron chi connectivity index (χ3n) is 3.65. The Bertz CT molecular complexity index is 559. The second-order valence-electron chi connectivity index (χ2n) is 5.56. The van der Waals surface area contributed by atoms with Gasteiger partial charge in [0.25, 0.3) is 0 Å². The van der Waals surface area contributed by atoms with Crippen LogP contribution in [0, 0.1) is 0 Å². The molecule has 4 heteroatoms. The van der Waals surface area contributed by atoms with Gasteiger partial charge in [-0.3, -0.25) is 0 Å². The van der Waals surface area contributed by atoms with Crippen LogP contribution in [0.25, 0.3) is 0 Å². The van der Waals surface area contributed by atoms with Crippen molar-refractivity contribution >= 4 is 28.3 Å². The molecule has 0 unspecified atom stereocenters. The van der Waals surface area contributed by atoms with E-state index in [0.29, 0.717) is 6.61 Å². The van der Waals surface area contributed by atoms with Crippen molar-refractivity contribution in [1.82, 2.24) is 4.90 Å². The highest BCUT2D eigenvalue weighted by atomic mass is 79.9. The van der Waals surface area contributed by atoms with Crippen LogP contribution in [0.2, 0.25) is 0 Å². The van der Waals surface area contributed by atoms with Crippen molar-refractivity contribution in [2.24, 2.45) is 0 Å². The second-order valence-corrected chi connectivity index (χ2v) is 6.47. The Morgan fingerprint density at radius 2 is 1.50 bits per heavy atom. The zero-order valence-electron chi connectivity index (χ0n) is 13.3. The molecule has 0 fully saturated rings. The minimum Gasteiger partial charge on any atom is -0.365 e. The van der Waals surface area contributed by atoms with E-state index in [1.54, 1.807) is 0 Å². The van der Waals surface area contributed by atoms with Crippen molar-refractivity contribution < 1.29 is 4.74 Å². The van der Waals surface area contributed by atoms with Gasteiger partial charge in [0.1, 0.15) is 5.60 Å². The van der Waals surface area contributed by atoms with Gasteiger partial charge < -0.3 is 9.64 Å². The van der Waals surface area contributed by atoms with E-state index >= 15 is 0 Å².